The van der Waals surface area contributed by atoms with E-state index >= 15 is 0 Å². The number of hydrogen-bond donors (Lipinski definition) is 1. The zero-order valence-corrected chi connectivity index (χ0v) is 9.80. The Balaban J connectivity index is 2.27. The minimum absolute atomic E-state index is 0.163. The Kier molecular flexibility index (Phi) is 5.28. The number of rotatable bonds is 6. The van der Waals surface area contributed by atoms with E-state index < -0.39 is 0 Å². The molecule has 5 heteroatoms. The molecular formula is C10H17N3OS. The Morgan fingerprint density at radius 1 is 1.60 bits per heavy atom. The Bertz CT molecular complexity index is 287. The van der Waals surface area contributed by atoms with Gasteiger partial charge in [0.2, 0.25) is 5.91 Å². The van der Waals surface area contributed by atoms with Crippen LogP contribution in [0.4, 0.5) is 0 Å². The van der Waals surface area contributed by atoms with Gasteiger partial charge in [-0.15, -0.1) is 11.3 Å². The summed E-state index contributed by atoms with van der Waals surface area (Å²) in [7, 11) is 1.81. The van der Waals surface area contributed by atoms with Crippen molar-refractivity contribution < 1.29 is 4.79 Å². The van der Waals surface area contributed by atoms with Crippen molar-refractivity contribution in [1.82, 2.24) is 9.88 Å². The molecule has 0 fully saturated rings. The molecule has 15 heavy (non-hydrogen) atoms. The Hall–Kier alpha value is -0.940. The number of carbonyl (C=O) groups is 1. The van der Waals surface area contributed by atoms with Crippen LogP contribution in [0, 0.1) is 0 Å². The van der Waals surface area contributed by atoms with E-state index in [1.165, 1.54) is 0 Å². The van der Waals surface area contributed by atoms with Crippen molar-refractivity contribution in [2.45, 2.75) is 25.8 Å². The highest BCUT2D eigenvalue weighted by Crippen LogP contribution is 2.06. The molecule has 1 amide bonds. The summed E-state index contributed by atoms with van der Waals surface area (Å²) in [5.74, 6) is 0.163. The van der Waals surface area contributed by atoms with Gasteiger partial charge in [-0.05, 0) is 19.4 Å². The topological polar surface area (TPSA) is 59.2 Å². The van der Waals surface area contributed by atoms with Gasteiger partial charge >= 0.3 is 0 Å². The molecule has 0 atom stereocenters. The molecule has 0 aliphatic carbocycles. The summed E-state index contributed by atoms with van der Waals surface area (Å²) in [5, 5.41) is 1.96. The van der Waals surface area contributed by atoms with Crippen LogP contribution in [0.25, 0.3) is 0 Å². The van der Waals surface area contributed by atoms with Crippen molar-refractivity contribution in [3.05, 3.63) is 16.6 Å². The van der Waals surface area contributed by atoms with Crippen molar-refractivity contribution in [2.24, 2.45) is 5.73 Å². The lowest BCUT2D eigenvalue weighted by Gasteiger charge is -2.15. The molecule has 0 spiro atoms. The number of unbranched alkanes of at least 4 members (excludes halogenated alkanes) is 1. The van der Waals surface area contributed by atoms with Crippen LogP contribution in [0.3, 0.4) is 0 Å². The Morgan fingerprint density at radius 2 is 2.40 bits per heavy atom. The third-order valence-corrected chi connectivity index (χ3v) is 2.79. The molecule has 0 aromatic carbocycles. The summed E-state index contributed by atoms with van der Waals surface area (Å²) < 4.78 is 0. The predicted octanol–water partition coefficient (Wildman–Crippen LogP) is 1.23. The molecule has 0 aliphatic rings. The van der Waals surface area contributed by atoms with E-state index in [-0.39, 0.29) is 5.91 Å². The van der Waals surface area contributed by atoms with E-state index in [2.05, 4.69) is 4.98 Å². The lowest BCUT2D eigenvalue weighted by molar-refractivity contribution is -0.130. The van der Waals surface area contributed by atoms with Gasteiger partial charge in [0, 0.05) is 18.8 Å². The van der Waals surface area contributed by atoms with E-state index in [9.17, 15) is 4.79 Å². The number of hydrogen-bond acceptors (Lipinski definition) is 4. The molecule has 1 aromatic heterocycles. The van der Waals surface area contributed by atoms with Crippen molar-refractivity contribution in [1.29, 1.82) is 0 Å². The molecule has 0 unspecified atom stereocenters. The average molecular weight is 227 g/mol. The number of nitrogens with two attached hydrogens (primary N) is 1. The maximum atomic E-state index is 11.6. The van der Waals surface area contributed by atoms with Crippen LogP contribution in [0.2, 0.25) is 0 Å². The maximum Gasteiger partial charge on any atom is 0.222 e. The number of thiazole rings is 1. The van der Waals surface area contributed by atoms with Crippen LogP contribution in [0.15, 0.2) is 10.9 Å². The van der Waals surface area contributed by atoms with Gasteiger partial charge in [-0.1, -0.05) is 0 Å². The Labute approximate surface area is 94.1 Å². The van der Waals surface area contributed by atoms with Crippen LogP contribution in [0.1, 0.15) is 25.0 Å². The van der Waals surface area contributed by atoms with Gasteiger partial charge in [-0.2, -0.15) is 0 Å². The average Bonchev–Trinajstić information content (AvgIpc) is 2.70. The van der Waals surface area contributed by atoms with Crippen molar-refractivity contribution in [3.8, 4) is 0 Å². The van der Waals surface area contributed by atoms with E-state index in [1.807, 2.05) is 12.4 Å². The number of aromatic nitrogens is 1. The van der Waals surface area contributed by atoms with Crippen LogP contribution >= 0.6 is 11.3 Å². The zero-order chi connectivity index (χ0) is 11.1. The smallest absolute Gasteiger partial charge is 0.222 e. The summed E-state index contributed by atoms with van der Waals surface area (Å²) in [6.07, 6.45) is 2.37. The van der Waals surface area contributed by atoms with Crippen LogP contribution in [-0.2, 0) is 11.3 Å². The number of carbonyl (C=O) groups excluding carboxylic acids is 1. The predicted molar refractivity (Wildman–Crippen MR) is 61.5 cm³/mol. The molecule has 0 bridgehead atoms. The van der Waals surface area contributed by atoms with Gasteiger partial charge in [0.05, 0.1) is 17.7 Å². The first-order chi connectivity index (χ1) is 7.24. The van der Waals surface area contributed by atoms with E-state index in [1.54, 1.807) is 21.7 Å². The quantitative estimate of drug-likeness (QED) is 0.744. The molecule has 84 valence electrons. The third-order valence-electron chi connectivity index (χ3n) is 2.15. The fraction of sp³-hybridized carbons (Fsp3) is 0.600. The second kappa shape index (κ2) is 6.53. The molecule has 4 nitrogen and oxygen atoms in total. The Morgan fingerprint density at radius 3 is 3.00 bits per heavy atom. The van der Waals surface area contributed by atoms with Gasteiger partial charge in [-0.3, -0.25) is 4.79 Å². The third kappa shape index (κ3) is 4.40. The first kappa shape index (κ1) is 12.1. The second-order valence-corrected chi connectivity index (χ2v) is 4.19. The monoisotopic (exact) mass is 227 g/mol. The first-order valence-electron chi connectivity index (χ1n) is 5.05. The largest absolute Gasteiger partial charge is 0.340 e. The molecular weight excluding hydrogens is 210 g/mol. The highest BCUT2D eigenvalue weighted by atomic mass is 32.1. The van der Waals surface area contributed by atoms with E-state index in [0.29, 0.717) is 19.5 Å². The SMILES string of the molecule is CN(Cc1cscn1)C(=O)CCCCN. The fourth-order valence-corrected chi connectivity index (χ4v) is 1.81. The molecule has 1 heterocycles. The van der Waals surface area contributed by atoms with Crippen LogP contribution < -0.4 is 5.73 Å². The van der Waals surface area contributed by atoms with Crippen molar-refractivity contribution in [2.75, 3.05) is 13.6 Å². The molecule has 0 saturated carbocycles. The maximum absolute atomic E-state index is 11.6. The summed E-state index contributed by atoms with van der Waals surface area (Å²) in [5.41, 5.74) is 8.10. The molecule has 0 saturated heterocycles. The first-order valence-corrected chi connectivity index (χ1v) is 5.99. The van der Waals surface area contributed by atoms with E-state index in [0.717, 1.165) is 18.5 Å². The summed E-state index contributed by atoms with van der Waals surface area (Å²) in [4.78, 5) is 17.5. The van der Waals surface area contributed by atoms with Crippen LogP contribution in [-0.4, -0.2) is 29.4 Å². The second-order valence-electron chi connectivity index (χ2n) is 3.48. The highest BCUT2D eigenvalue weighted by Gasteiger charge is 2.09. The van der Waals surface area contributed by atoms with Gasteiger partial charge in [0.1, 0.15) is 0 Å². The standard InChI is InChI=1S/C10H17N3OS/c1-13(6-9-7-15-8-12-9)10(14)4-2-3-5-11/h7-8H,2-6,11H2,1H3. The fourth-order valence-electron chi connectivity index (χ4n) is 1.26. The summed E-state index contributed by atoms with van der Waals surface area (Å²) in [6, 6.07) is 0. The molecule has 0 aliphatic heterocycles. The van der Waals surface area contributed by atoms with Crippen molar-refractivity contribution >= 4 is 17.2 Å². The van der Waals surface area contributed by atoms with E-state index in [4.69, 9.17) is 5.73 Å². The minimum atomic E-state index is 0.163. The minimum Gasteiger partial charge on any atom is -0.340 e. The zero-order valence-electron chi connectivity index (χ0n) is 8.98. The van der Waals surface area contributed by atoms with Crippen LogP contribution in [0.5, 0.6) is 0 Å². The summed E-state index contributed by atoms with van der Waals surface area (Å²) in [6.45, 7) is 1.26. The molecule has 1 aromatic rings. The summed E-state index contributed by atoms with van der Waals surface area (Å²) >= 11 is 1.55. The normalized spacial score (nSPS) is 10.3. The molecule has 2 N–H and O–H groups in total. The number of amides is 1. The van der Waals surface area contributed by atoms with Gasteiger partial charge in [0.15, 0.2) is 0 Å². The number of nitrogens with zero attached hydrogens (tertiary/aromatic N) is 2. The van der Waals surface area contributed by atoms with Gasteiger partial charge in [-0.25, -0.2) is 4.98 Å². The highest BCUT2D eigenvalue weighted by molar-refractivity contribution is 7.07. The van der Waals surface area contributed by atoms with Gasteiger partial charge < -0.3 is 10.6 Å². The van der Waals surface area contributed by atoms with Gasteiger partial charge in [0.25, 0.3) is 0 Å². The van der Waals surface area contributed by atoms with Crippen molar-refractivity contribution in [3.63, 3.8) is 0 Å². The lowest BCUT2D eigenvalue weighted by Crippen LogP contribution is -2.26. The lowest BCUT2D eigenvalue weighted by atomic mass is 10.2. The molecule has 1 rings (SSSR count). The molecule has 0 radical (unpaired) electrons.